The van der Waals surface area contributed by atoms with Gasteiger partial charge in [-0.05, 0) is 31.5 Å². The van der Waals surface area contributed by atoms with Gasteiger partial charge >= 0.3 is 0 Å². The molecule has 0 aliphatic rings. The zero-order chi connectivity index (χ0) is 15.4. The van der Waals surface area contributed by atoms with Gasteiger partial charge in [0, 0.05) is 18.7 Å². The van der Waals surface area contributed by atoms with E-state index < -0.39 is 0 Å². The summed E-state index contributed by atoms with van der Waals surface area (Å²) in [6.07, 6.45) is 0. The molecule has 0 unspecified atom stereocenters. The van der Waals surface area contributed by atoms with Gasteiger partial charge in [-0.3, -0.25) is 9.48 Å². The van der Waals surface area contributed by atoms with Crippen LogP contribution in [0.15, 0.2) is 30.3 Å². The number of nitrogens with zero attached hydrogens (tertiary/aromatic N) is 2. The molecule has 1 aromatic heterocycles. The van der Waals surface area contributed by atoms with Gasteiger partial charge in [-0.1, -0.05) is 30.4 Å². The van der Waals surface area contributed by atoms with Crippen LogP contribution in [-0.2, 0) is 13.1 Å². The molecule has 2 aromatic rings. The molecule has 1 aromatic carbocycles. The summed E-state index contributed by atoms with van der Waals surface area (Å²) < 4.78 is 1.69. The van der Waals surface area contributed by atoms with Crippen LogP contribution in [0, 0.1) is 6.92 Å². The van der Waals surface area contributed by atoms with Crippen LogP contribution in [0.3, 0.4) is 0 Å². The Kier molecular flexibility index (Phi) is 4.70. The summed E-state index contributed by atoms with van der Waals surface area (Å²) >= 11 is 4.95. The molecule has 0 atom stereocenters. The molecule has 0 spiro atoms. The molecule has 0 saturated heterocycles. The molecule has 1 amide bonds. The lowest BCUT2D eigenvalue weighted by Gasteiger charge is -2.08. The van der Waals surface area contributed by atoms with Crippen LogP contribution in [0.4, 0.5) is 0 Å². The molecular formula is C15H18N4OS. The van der Waals surface area contributed by atoms with Crippen LogP contribution in [0.25, 0.3) is 0 Å². The summed E-state index contributed by atoms with van der Waals surface area (Å²) in [6.45, 7) is 4.90. The van der Waals surface area contributed by atoms with E-state index in [1.807, 2.05) is 38.1 Å². The molecule has 110 valence electrons. The summed E-state index contributed by atoms with van der Waals surface area (Å²) in [6, 6.07) is 9.30. The van der Waals surface area contributed by atoms with E-state index in [4.69, 9.17) is 18.0 Å². The molecule has 6 heteroatoms. The third-order valence-electron chi connectivity index (χ3n) is 3.10. The fourth-order valence-corrected chi connectivity index (χ4v) is 2.20. The van der Waals surface area contributed by atoms with Crippen LogP contribution in [0.2, 0.25) is 0 Å². The summed E-state index contributed by atoms with van der Waals surface area (Å²) in [5, 5.41) is 7.15. The normalized spacial score (nSPS) is 10.4. The number of aryl methyl sites for hydroxylation is 2. The predicted molar refractivity (Wildman–Crippen MR) is 86.1 cm³/mol. The second-order valence-corrected chi connectivity index (χ2v) is 5.17. The van der Waals surface area contributed by atoms with Gasteiger partial charge in [0.2, 0.25) is 0 Å². The number of benzene rings is 1. The van der Waals surface area contributed by atoms with E-state index in [1.165, 1.54) is 0 Å². The van der Waals surface area contributed by atoms with Gasteiger partial charge in [0.05, 0.1) is 5.69 Å². The van der Waals surface area contributed by atoms with E-state index in [0.29, 0.717) is 23.8 Å². The van der Waals surface area contributed by atoms with Crippen molar-refractivity contribution in [1.82, 2.24) is 15.1 Å². The molecule has 0 saturated carbocycles. The third-order valence-corrected chi connectivity index (χ3v) is 3.33. The molecule has 0 aliphatic carbocycles. The standard InChI is InChI=1S/C15H18N4OS/c1-3-19-13(7-10(2)18-19)15(20)17-9-11-5-4-6-12(8-11)14(16)21/h4-8H,3,9H2,1-2H3,(H2,16,21)(H,17,20). The average molecular weight is 302 g/mol. The van der Waals surface area contributed by atoms with Crippen molar-refractivity contribution in [3.05, 3.63) is 52.8 Å². The first-order valence-corrected chi connectivity index (χ1v) is 7.13. The highest BCUT2D eigenvalue weighted by Gasteiger charge is 2.12. The topological polar surface area (TPSA) is 72.9 Å². The molecule has 1 heterocycles. The van der Waals surface area contributed by atoms with Crippen LogP contribution >= 0.6 is 12.2 Å². The molecule has 0 fully saturated rings. The van der Waals surface area contributed by atoms with E-state index in [2.05, 4.69) is 10.4 Å². The Balaban J connectivity index is 2.07. The molecule has 0 bridgehead atoms. The molecule has 5 nitrogen and oxygen atoms in total. The third kappa shape index (κ3) is 3.66. The number of nitrogens with two attached hydrogens (primary N) is 1. The number of aromatic nitrogens is 2. The number of hydrogen-bond acceptors (Lipinski definition) is 3. The first-order valence-electron chi connectivity index (χ1n) is 6.72. The van der Waals surface area contributed by atoms with Crippen molar-refractivity contribution in [3.63, 3.8) is 0 Å². The Morgan fingerprint density at radius 3 is 2.86 bits per heavy atom. The van der Waals surface area contributed by atoms with Crippen molar-refractivity contribution in [1.29, 1.82) is 0 Å². The minimum Gasteiger partial charge on any atom is -0.389 e. The van der Waals surface area contributed by atoms with Crippen molar-refractivity contribution < 1.29 is 4.79 Å². The fourth-order valence-electron chi connectivity index (χ4n) is 2.08. The Labute approximate surface area is 129 Å². The molecule has 3 N–H and O–H groups in total. The minimum absolute atomic E-state index is 0.141. The number of carbonyl (C=O) groups is 1. The van der Waals surface area contributed by atoms with Crippen molar-refractivity contribution in [2.75, 3.05) is 0 Å². The highest BCUT2D eigenvalue weighted by atomic mass is 32.1. The van der Waals surface area contributed by atoms with Crippen LogP contribution < -0.4 is 11.1 Å². The molecular weight excluding hydrogens is 284 g/mol. The summed E-state index contributed by atoms with van der Waals surface area (Å²) in [5.74, 6) is -0.141. The van der Waals surface area contributed by atoms with Crippen molar-refractivity contribution >= 4 is 23.1 Å². The summed E-state index contributed by atoms with van der Waals surface area (Å²) in [5.41, 5.74) is 8.75. The van der Waals surface area contributed by atoms with Crippen LogP contribution in [-0.4, -0.2) is 20.7 Å². The van der Waals surface area contributed by atoms with Gasteiger partial charge in [0.15, 0.2) is 0 Å². The van der Waals surface area contributed by atoms with Crippen molar-refractivity contribution in [2.24, 2.45) is 5.73 Å². The highest BCUT2D eigenvalue weighted by Crippen LogP contribution is 2.07. The number of rotatable bonds is 5. The Morgan fingerprint density at radius 1 is 1.43 bits per heavy atom. The summed E-state index contributed by atoms with van der Waals surface area (Å²) in [7, 11) is 0. The van der Waals surface area contributed by atoms with E-state index in [1.54, 1.807) is 10.7 Å². The van der Waals surface area contributed by atoms with E-state index in [9.17, 15) is 4.79 Å². The molecule has 21 heavy (non-hydrogen) atoms. The van der Waals surface area contributed by atoms with Gasteiger partial charge in [-0.15, -0.1) is 0 Å². The zero-order valence-electron chi connectivity index (χ0n) is 12.1. The Morgan fingerprint density at radius 2 is 2.19 bits per heavy atom. The van der Waals surface area contributed by atoms with Crippen molar-refractivity contribution in [2.45, 2.75) is 26.9 Å². The number of carbonyl (C=O) groups excluding carboxylic acids is 1. The number of thiocarbonyl (C=S) groups is 1. The lowest BCUT2D eigenvalue weighted by Crippen LogP contribution is -2.25. The minimum atomic E-state index is -0.141. The average Bonchev–Trinajstić information content (AvgIpc) is 2.86. The fraction of sp³-hybridized carbons (Fsp3) is 0.267. The quantitative estimate of drug-likeness (QED) is 0.826. The first-order chi connectivity index (χ1) is 10.0. The molecule has 2 rings (SSSR count). The lowest BCUT2D eigenvalue weighted by atomic mass is 10.1. The smallest absolute Gasteiger partial charge is 0.269 e. The van der Waals surface area contributed by atoms with Crippen LogP contribution in [0.5, 0.6) is 0 Å². The Hall–Kier alpha value is -2.21. The van der Waals surface area contributed by atoms with E-state index in [0.717, 1.165) is 16.8 Å². The van der Waals surface area contributed by atoms with Crippen molar-refractivity contribution in [3.8, 4) is 0 Å². The van der Waals surface area contributed by atoms with Gasteiger partial charge < -0.3 is 11.1 Å². The molecule has 0 radical (unpaired) electrons. The largest absolute Gasteiger partial charge is 0.389 e. The van der Waals surface area contributed by atoms with E-state index >= 15 is 0 Å². The maximum atomic E-state index is 12.2. The first kappa shape index (κ1) is 15.2. The van der Waals surface area contributed by atoms with Gasteiger partial charge in [-0.2, -0.15) is 5.10 Å². The predicted octanol–water partition coefficient (Wildman–Crippen LogP) is 1.78. The zero-order valence-corrected chi connectivity index (χ0v) is 12.9. The number of hydrogen-bond donors (Lipinski definition) is 2. The summed E-state index contributed by atoms with van der Waals surface area (Å²) in [4.78, 5) is 12.6. The Bertz CT molecular complexity index is 678. The van der Waals surface area contributed by atoms with E-state index in [-0.39, 0.29) is 5.91 Å². The molecule has 0 aliphatic heterocycles. The maximum Gasteiger partial charge on any atom is 0.269 e. The maximum absolute atomic E-state index is 12.2. The van der Waals surface area contributed by atoms with Gasteiger partial charge in [0.1, 0.15) is 10.7 Å². The lowest BCUT2D eigenvalue weighted by molar-refractivity contribution is 0.0940. The number of amides is 1. The van der Waals surface area contributed by atoms with Gasteiger partial charge in [0.25, 0.3) is 5.91 Å². The SMILES string of the molecule is CCn1nc(C)cc1C(=O)NCc1cccc(C(N)=S)c1. The van der Waals surface area contributed by atoms with Crippen LogP contribution in [0.1, 0.15) is 34.2 Å². The monoisotopic (exact) mass is 302 g/mol. The van der Waals surface area contributed by atoms with Gasteiger partial charge in [-0.25, -0.2) is 0 Å². The second kappa shape index (κ2) is 6.49. The second-order valence-electron chi connectivity index (χ2n) is 4.73. The highest BCUT2D eigenvalue weighted by molar-refractivity contribution is 7.80. The number of nitrogens with one attached hydrogen (secondary N) is 1.